The van der Waals surface area contributed by atoms with E-state index in [2.05, 4.69) is 4.98 Å². The molecule has 0 amide bonds. The number of pyridine rings is 1. The van der Waals surface area contributed by atoms with Crippen molar-refractivity contribution in [1.29, 1.82) is 5.26 Å². The third-order valence-corrected chi connectivity index (χ3v) is 2.85. The average Bonchev–Trinajstić information content (AvgIpc) is 2.19. The van der Waals surface area contributed by atoms with Crippen LogP contribution >= 0.6 is 11.6 Å². The van der Waals surface area contributed by atoms with Crippen LogP contribution in [0.25, 0.3) is 0 Å². The Morgan fingerprint density at radius 3 is 2.92 bits per heavy atom. The van der Waals surface area contributed by atoms with Crippen LogP contribution in [0.3, 0.4) is 0 Å². The fourth-order valence-electron chi connectivity index (χ4n) is 1.74. The van der Waals surface area contributed by atoms with Crippen LogP contribution in [0.15, 0.2) is 6.20 Å². The minimum Gasteiger partial charge on any atom is -0.244 e. The first-order chi connectivity index (χ1) is 6.33. The summed E-state index contributed by atoms with van der Waals surface area (Å²) in [5, 5.41) is 9.29. The molecule has 1 aromatic rings. The molecule has 0 saturated carbocycles. The van der Waals surface area contributed by atoms with Crippen molar-refractivity contribution in [3.8, 4) is 6.07 Å². The van der Waals surface area contributed by atoms with Crippen molar-refractivity contribution in [2.75, 3.05) is 0 Å². The second kappa shape index (κ2) is 3.35. The molecule has 0 aliphatic heterocycles. The van der Waals surface area contributed by atoms with Crippen LogP contribution in [-0.2, 0) is 12.8 Å². The van der Waals surface area contributed by atoms with Gasteiger partial charge in [-0.3, -0.25) is 0 Å². The fraction of sp³-hybridized carbons (Fsp3) is 0.400. The number of aromatic nitrogens is 1. The summed E-state index contributed by atoms with van der Waals surface area (Å²) < 4.78 is 0. The number of nitriles is 1. The molecule has 0 N–H and O–H groups in total. The van der Waals surface area contributed by atoms with Crippen molar-refractivity contribution in [2.24, 2.45) is 0 Å². The summed E-state index contributed by atoms with van der Waals surface area (Å²) in [4.78, 5) is 4.02. The van der Waals surface area contributed by atoms with Gasteiger partial charge < -0.3 is 0 Å². The summed E-state index contributed by atoms with van der Waals surface area (Å²) in [5.74, 6) is 0. The molecule has 0 spiro atoms. The molecule has 0 radical (unpaired) electrons. The molecule has 2 rings (SSSR count). The van der Waals surface area contributed by atoms with Gasteiger partial charge in [-0.25, -0.2) is 4.98 Å². The molecule has 1 aliphatic carbocycles. The van der Waals surface area contributed by atoms with Crippen LogP contribution in [0.1, 0.15) is 29.7 Å². The smallest absolute Gasteiger partial charge is 0.159 e. The van der Waals surface area contributed by atoms with Gasteiger partial charge in [0.05, 0.1) is 5.02 Å². The maximum absolute atomic E-state index is 8.72. The van der Waals surface area contributed by atoms with Gasteiger partial charge in [-0.1, -0.05) is 11.6 Å². The number of hydrogen-bond donors (Lipinski definition) is 0. The number of aryl methyl sites for hydroxylation is 1. The zero-order valence-corrected chi connectivity index (χ0v) is 7.93. The predicted molar refractivity (Wildman–Crippen MR) is 50.6 cm³/mol. The van der Waals surface area contributed by atoms with Crippen molar-refractivity contribution in [3.05, 3.63) is 28.0 Å². The van der Waals surface area contributed by atoms with E-state index in [1.807, 2.05) is 6.07 Å². The molecule has 1 aromatic heterocycles. The van der Waals surface area contributed by atoms with Crippen LogP contribution in [0, 0.1) is 11.3 Å². The maximum atomic E-state index is 8.72. The van der Waals surface area contributed by atoms with Crippen molar-refractivity contribution in [2.45, 2.75) is 25.7 Å². The average molecular weight is 193 g/mol. The molecule has 0 bridgehead atoms. The third kappa shape index (κ3) is 1.40. The normalized spacial score (nSPS) is 14.8. The molecule has 2 nitrogen and oxygen atoms in total. The van der Waals surface area contributed by atoms with E-state index in [9.17, 15) is 0 Å². The highest BCUT2D eigenvalue weighted by Crippen LogP contribution is 2.28. The highest BCUT2D eigenvalue weighted by atomic mass is 35.5. The molecular formula is C10H9ClN2. The lowest BCUT2D eigenvalue weighted by atomic mass is 9.93. The molecule has 0 fully saturated rings. The molecule has 0 saturated heterocycles. The number of rotatable bonds is 0. The Bertz CT molecular complexity index is 379. The van der Waals surface area contributed by atoms with Gasteiger partial charge in [-0.05, 0) is 36.8 Å². The van der Waals surface area contributed by atoms with Crippen LogP contribution in [0.2, 0.25) is 5.02 Å². The Hall–Kier alpha value is -1.07. The van der Waals surface area contributed by atoms with E-state index >= 15 is 0 Å². The Morgan fingerprint density at radius 2 is 2.15 bits per heavy atom. The summed E-state index contributed by atoms with van der Waals surface area (Å²) in [6.07, 6.45) is 6.20. The molecule has 1 heterocycles. The molecule has 0 aromatic carbocycles. The number of hydrogen-bond acceptors (Lipinski definition) is 2. The largest absolute Gasteiger partial charge is 0.244 e. The molecule has 0 atom stereocenters. The molecular weight excluding hydrogens is 184 g/mol. The minimum absolute atomic E-state index is 0.363. The molecule has 13 heavy (non-hydrogen) atoms. The highest BCUT2D eigenvalue weighted by molar-refractivity contribution is 6.32. The minimum atomic E-state index is 0.363. The Labute approximate surface area is 82.2 Å². The Balaban J connectivity index is 2.56. The zero-order chi connectivity index (χ0) is 9.26. The first kappa shape index (κ1) is 8.52. The standard InChI is InChI=1S/C10H9ClN2/c11-10-8-4-2-1-3-7(8)6-13-9(10)5-12/h6H,1-4H2. The van der Waals surface area contributed by atoms with Gasteiger partial charge in [-0.15, -0.1) is 0 Å². The van der Waals surface area contributed by atoms with Gasteiger partial charge >= 0.3 is 0 Å². The van der Waals surface area contributed by atoms with E-state index in [4.69, 9.17) is 16.9 Å². The molecule has 0 unspecified atom stereocenters. The van der Waals surface area contributed by atoms with E-state index in [1.54, 1.807) is 6.20 Å². The van der Waals surface area contributed by atoms with E-state index in [0.717, 1.165) is 18.4 Å². The van der Waals surface area contributed by atoms with Crippen molar-refractivity contribution in [3.63, 3.8) is 0 Å². The van der Waals surface area contributed by atoms with Crippen molar-refractivity contribution in [1.82, 2.24) is 4.98 Å². The number of fused-ring (bicyclic) bond motifs is 1. The second-order valence-corrected chi connectivity index (χ2v) is 3.62. The predicted octanol–water partition coefficient (Wildman–Crippen LogP) is 2.49. The van der Waals surface area contributed by atoms with Crippen LogP contribution in [0.5, 0.6) is 0 Å². The number of halogens is 1. The summed E-state index contributed by atoms with van der Waals surface area (Å²) in [7, 11) is 0. The van der Waals surface area contributed by atoms with E-state index < -0.39 is 0 Å². The first-order valence-electron chi connectivity index (χ1n) is 4.39. The third-order valence-electron chi connectivity index (χ3n) is 2.44. The Morgan fingerprint density at radius 1 is 1.38 bits per heavy atom. The van der Waals surface area contributed by atoms with E-state index in [-0.39, 0.29) is 0 Å². The van der Waals surface area contributed by atoms with Gasteiger partial charge in [0.15, 0.2) is 5.69 Å². The van der Waals surface area contributed by atoms with E-state index in [1.165, 1.54) is 18.4 Å². The van der Waals surface area contributed by atoms with Crippen molar-refractivity contribution >= 4 is 11.6 Å². The van der Waals surface area contributed by atoms with Gasteiger partial charge in [0.2, 0.25) is 0 Å². The highest BCUT2D eigenvalue weighted by Gasteiger charge is 2.15. The van der Waals surface area contributed by atoms with Gasteiger partial charge in [-0.2, -0.15) is 5.26 Å². The summed E-state index contributed by atoms with van der Waals surface area (Å²) in [6.45, 7) is 0. The van der Waals surface area contributed by atoms with Gasteiger partial charge in [0, 0.05) is 6.20 Å². The summed E-state index contributed by atoms with van der Waals surface area (Å²) in [6, 6.07) is 2.00. The van der Waals surface area contributed by atoms with Crippen LogP contribution in [-0.4, -0.2) is 4.98 Å². The number of nitrogens with zero attached hydrogens (tertiary/aromatic N) is 2. The van der Waals surface area contributed by atoms with Gasteiger partial charge in [0.25, 0.3) is 0 Å². The fourth-order valence-corrected chi connectivity index (χ4v) is 2.05. The monoisotopic (exact) mass is 192 g/mol. The quantitative estimate of drug-likeness (QED) is 0.633. The van der Waals surface area contributed by atoms with E-state index in [0.29, 0.717) is 10.7 Å². The lowest BCUT2D eigenvalue weighted by molar-refractivity contribution is 0.681. The lowest BCUT2D eigenvalue weighted by Crippen LogP contribution is -2.05. The first-order valence-corrected chi connectivity index (χ1v) is 4.77. The zero-order valence-electron chi connectivity index (χ0n) is 7.18. The molecule has 66 valence electrons. The Kier molecular flexibility index (Phi) is 2.20. The van der Waals surface area contributed by atoms with Crippen molar-refractivity contribution < 1.29 is 0 Å². The SMILES string of the molecule is N#Cc1ncc2c(c1Cl)CCCC2. The molecule has 3 heteroatoms. The van der Waals surface area contributed by atoms with Crippen LogP contribution < -0.4 is 0 Å². The molecule has 1 aliphatic rings. The summed E-state index contributed by atoms with van der Waals surface area (Å²) in [5.41, 5.74) is 2.72. The maximum Gasteiger partial charge on any atom is 0.159 e. The van der Waals surface area contributed by atoms with Gasteiger partial charge in [0.1, 0.15) is 6.07 Å². The van der Waals surface area contributed by atoms with Crippen LogP contribution in [0.4, 0.5) is 0 Å². The topological polar surface area (TPSA) is 36.7 Å². The second-order valence-electron chi connectivity index (χ2n) is 3.24. The summed E-state index contributed by atoms with van der Waals surface area (Å²) >= 11 is 6.04. The lowest BCUT2D eigenvalue weighted by Gasteiger charge is -2.16.